The van der Waals surface area contributed by atoms with Crippen molar-refractivity contribution in [3.05, 3.63) is 12.2 Å². The summed E-state index contributed by atoms with van der Waals surface area (Å²) in [6, 6.07) is 0. The second kappa shape index (κ2) is 32.4. The van der Waals surface area contributed by atoms with Crippen molar-refractivity contribution < 1.29 is 19.4 Å². The lowest BCUT2D eigenvalue weighted by Gasteiger charge is -2.09. The van der Waals surface area contributed by atoms with Gasteiger partial charge in [-0.25, -0.2) is 4.79 Å². The number of unbranched alkanes of at least 4 members (excludes halogenated alkanes) is 24. The van der Waals surface area contributed by atoms with Crippen molar-refractivity contribution in [2.75, 3.05) is 0 Å². The molecule has 0 radical (unpaired) electrons. The zero-order valence-corrected chi connectivity index (χ0v) is 26.9. The van der Waals surface area contributed by atoms with Crippen LogP contribution in [0.3, 0.4) is 0 Å². The first-order valence-electron chi connectivity index (χ1n) is 17.7. The molecular formula is C36H68O4. The van der Waals surface area contributed by atoms with Crippen molar-refractivity contribution in [1.82, 2.24) is 0 Å². The van der Waals surface area contributed by atoms with Crippen LogP contribution in [0.5, 0.6) is 0 Å². The summed E-state index contributed by atoms with van der Waals surface area (Å²) >= 11 is 0. The van der Waals surface area contributed by atoms with Crippen molar-refractivity contribution in [2.24, 2.45) is 0 Å². The predicted molar refractivity (Wildman–Crippen MR) is 171 cm³/mol. The van der Waals surface area contributed by atoms with Crippen LogP contribution in [0, 0.1) is 0 Å². The van der Waals surface area contributed by atoms with Crippen LogP contribution in [0.15, 0.2) is 12.2 Å². The van der Waals surface area contributed by atoms with Gasteiger partial charge in [0.2, 0.25) is 0 Å². The number of ether oxygens (including phenoxy) is 1. The largest absolute Gasteiger partial charge is 0.391 e. The smallest absolute Gasteiger partial charge is 0.342 e. The van der Waals surface area contributed by atoms with E-state index < -0.39 is 18.0 Å². The monoisotopic (exact) mass is 565 g/mol. The van der Waals surface area contributed by atoms with Gasteiger partial charge in [0.15, 0.2) is 6.10 Å². The number of hydrogen-bond donors (Lipinski definition) is 1. The standard InChI is InChI=1S/C36H68O4/c1-3-5-7-9-11-13-15-17-19-21-23-25-27-29-31-33-35(38)40-36(39)34(37)32-30-28-26-24-22-20-18-16-14-12-10-8-6-4-2/h17,19,34,37H,3-16,18,20-33H2,1-2H3. The zero-order valence-electron chi connectivity index (χ0n) is 26.9. The topological polar surface area (TPSA) is 63.6 Å². The molecule has 1 unspecified atom stereocenters. The number of rotatable bonds is 31. The van der Waals surface area contributed by atoms with Crippen molar-refractivity contribution in [3.8, 4) is 0 Å². The third-order valence-corrected chi connectivity index (χ3v) is 7.96. The number of carbonyl (C=O) groups excluding carboxylic acids is 2. The Kier molecular flexibility index (Phi) is 31.4. The fraction of sp³-hybridized carbons (Fsp3) is 0.889. The summed E-state index contributed by atoms with van der Waals surface area (Å²) in [6.07, 6.45) is 37.6. The Morgan fingerprint density at radius 3 is 1.30 bits per heavy atom. The Hall–Kier alpha value is -1.16. The molecule has 1 atom stereocenters. The highest BCUT2D eigenvalue weighted by Crippen LogP contribution is 2.15. The van der Waals surface area contributed by atoms with E-state index in [2.05, 4.69) is 26.0 Å². The Labute approximate surface area is 249 Å². The average Bonchev–Trinajstić information content (AvgIpc) is 2.95. The van der Waals surface area contributed by atoms with Crippen molar-refractivity contribution in [2.45, 2.75) is 206 Å². The second-order valence-corrected chi connectivity index (χ2v) is 12.0. The molecule has 0 saturated carbocycles. The lowest BCUT2D eigenvalue weighted by molar-refractivity contribution is -0.166. The second-order valence-electron chi connectivity index (χ2n) is 12.0. The van der Waals surface area contributed by atoms with E-state index in [4.69, 9.17) is 4.74 Å². The Balaban J connectivity index is 3.45. The highest BCUT2D eigenvalue weighted by Gasteiger charge is 2.19. The van der Waals surface area contributed by atoms with Gasteiger partial charge in [-0.3, -0.25) is 4.79 Å². The number of aliphatic hydroxyl groups excluding tert-OH is 1. The molecule has 0 fully saturated rings. The van der Waals surface area contributed by atoms with E-state index in [1.54, 1.807) is 0 Å². The molecule has 0 aromatic heterocycles. The van der Waals surface area contributed by atoms with Gasteiger partial charge in [-0.2, -0.15) is 0 Å². The summed E-state index contributed by atoms with van der Waals surface area (Å²) < 4.78 is 4.86. The minimum absolute atomic E-state index is 0.259. The maximum atomic E-state index is 12.0. The van der Waals surface area contributed by atoms with Gasteiger partial charge in [0, 0.05) is 6.42 Å². The van der Waals surface area contributed by atoms with Crippen LogP contribution in [0.25, 0.3) is 0 Å². The molecule has 1 N–H and O–H groups in total. The molecule has 4 heteroatoms. The maximum absolute atomic E-state index is 12.0. The highest BCUT2D eigenvalue weighted by atomic mass is 16.6. The Morgan fingerprint density at radius 2 is 0.875 bits per heavy atom. The van der Waals surface area contributed by atoms with Gasteiger partial charge < -0.3 is 9.84 Å². The lowest BCUT2D eigenvalue weighted by Crippen LogP contribution is -2.25. The van der Waals surface area contributed by atoms with E-state index in [0.29, 0.717) is 6.42 Å². The van der Waals surface area contributed by atoms with Crippen LogP contribution in [0.1, 0.15) is 200 Å². The van der Waals surface area contributed by atoms with E-state index in [1.807, 2.05) is 0 Å². The van der Waals surface area contributed by atoms with Crippen LogP contribution in [-0.2, 0) is 14.3 Å². The first kappa shape index (κ1) is 38.8. The van der Waals surface area contributed by atoms with Gasteiger partial charge in [0.25, 0.3) is 0 Å². The molecule has 40 heavy (non-hydrogen) atoms. The number of allylic oxidation sites excluding steroid dienone is 2. The minimum Gasteiger partial charge on any atom is -0.391 e. The van der Waals surface area contributed by atoms with Crippen LogP contribution < -0.4 is 0 Å². The van der Waals surface area contributed by atoms with Crippen LogP contribution in [0.2, 0.25) is 0 Å². The predicted octanol–water partition coefficient (Wildman–Crippen LogP) is 11.3. The van der Waals surface area contributed by atoms with Crippen molar-refractivity contribution in [3.63, 3.8) is 0 Å². The Bertz CT molecular complexity index is 571. The molecule has 0 aliphatic heterocycles. The lowest BCUT2D eigenvalue weighted by atomic mass is 10.0. The summed E-state index contributed by atoms with van der Waals surface area (Å²) in [5, 5.41) is 10.0. The van der Waals surface area contributed by atoms with Crippen LogP contribution >= 0.6 is 0 Å². The van der Waals surface area contributed by atoms with Crippen molar-refractivity contribution >= 4 is 11.9 Å². The molecule has 0 aromatic carbocycles. The molecule has 236 valence electrons. The van der Waals surface area contributed by atoms with Gasteiger partial charge in [0.1, 0.15) is 0 Å². The summed E-state index contributed by atoms with van der Waals surface area (Å²) in [7, 11) is 0. The molecule has 0 amide bonds. The van der Waals surface area contributed by atoms with Gasteiger partial charge in [-0.05, 0) is 38.5 Å². The van der Waals surface area contributed by atoms with Gasteiger partial charge in [0.05, 0.1) is 0 Å². The summed E-state index contributed by atoms with van der Waals surface area (Å²) in [4.78, 5) is 23.9. The van der Waals surface area contributed by atoms with Crippen LogP contribution in [-0.4, -0.2) is 23.1 Å². The summed E-state index contributed by atoms with van der Waals surface area (Å²) in [6.45, 7) is 4.52. The summed E-state index contributed by atoms with van der Waals surface area (Å²) in [5.41, 5.74) is 0. The minimum atomic E-state index is -1.17. The average molecular weight is 565 g/mol. The van der Waals surface area contributed by atoms with E-state index in [9.17, 15) is 14.7 Å². The third kappa shape index (κ3) is 29.8. The molecule has 0 aromatic rings. The number of aliphatic hydroxyl groups is 1. The van der Waals surface area contributed by atoms with E-state index in [-0.39, 0.29) is 6.42 Å². The molecule has 0 spiro atoms. The maximum Gasteiger partial charge on any atom is 0.342 e. The van der Waals surface area contributed by atoms with Gasteiger partial charge in [-0.15, -0.1) is 0 Å². The number of esters is 2. The van der Waals surface area contributed by atoms with E-state index >= 15 is 0 Å². The third-order valence-electron chi connectivity index (χ3n) is 7.96. The molecule has 0 bridgehead atoms. The fourth-order valence-electron chi connectivity index (χ4n) is 5.22. The quantitative estimate of drug-likeness (QED) is 0.0393. The molecule has 0 aliphatic carbocycles. The van der Waals surface area contributed by atoms with Crippen LogP contribution in [0.4, 0.5) is 0 Å². The number of carbonyl (C=O) groups is 2. The summed E-state index contributed by atoms with van der Waals surface area (Å²) in [5.74, 6) is -1.27. The molecule has 0 rings (SSSR count). The first-order valence-corrected chi connectivity index (χ1v) is 17.7. The van der Waals surface area contributed by atoms with E-state index in [0.717, 1.165) is 44.9 Å². The van der Waals surface area contributed by atoms with E-state index in [1.165, 1.54) is 128 Å². The highest BCUT2D eigenvalue weighted by molar-refractivity contribution is 5.87. The SMILES string of the molecule is CCCCCCCCC=CCCCCCCCC(=O)OC(=O)C(O)CCCCCCCCCCCCCCCC. The molecular weight excluding hydrogens is 496 g/mol. The molecule has 0 saturated heterocycles. The first-order chi connectivity index (χ1) is 19.6. The van der Waals surface area contributed by atoms with Gasteiger partial charge >= 0.3 is 11.9 Å². The molecule has 0 heterocycles. The normalized spacial score (nSPS) is 12.3. The molecule has 4 nitrogen and oxygen atoms in total. The zero-order chi connectivity index (χ0) is 29.4. The fourth-order valence-corrected chi connectivity index (χ4v) is 5.22. The van der Waals surface area contributed by atoms with Crippen molar-refractivity contribution in [1.29, 1.82) is 0 Å². The molecule has 0 aliphatic rings. The Morgan fingerprint density at radius 1 is 0.525 bits per heavy atom. The van der Waals surface area contributed by atoms with Gasteiger partial charge in [-0.1, -0.05) is 167 Å². The number of hydrogen-bond acceptors (Lipinski definition) is 4.